The Morgan fingerprint density at radius 1 is 1.10 bits per heavy atom. The van der Waals surface area contributed by atoms with Gasteiger partial charge in [0.05, 0.1) is 0 Å². The van der Waals surface area contributed by atoms with E-state index >= 15 is 0 Å². The third kappa shape index (κ3) is 3.60. The van der Waals surface area contributed by atoms with Crippen LogP contribution in [-0.4, -0.2) is 61.7 Å². The second kappa shape index (κ2) is 6.88. The number of likely N-dealkylation sites (tertiary alicyclic amines) is 1. The molecule has 0 radical (unpaired) electrons. The molecule has 1 atom stereocenters. The highest BCUT2D eigenvalue weighted by Crippen LogP contribution is 2.22. The minimum absolute atomic E-state index is 0.652. The van der Waals surface area contributed by atoms with E-state index < -0.39 is 0 Å². The molecular weight excluding hydrogens is 250 g/mol. The zero-order chi connectivity index (χ0) is 14.5. The molecule has 0 aromatic carbocycles. The highest BCUT2D eigenvalue weighted by atomic mass is 15.2. The van der Waals surface area contributed by atoms with E-state index in [4.69, 9.17) is 0 Å². The summed E-state index contributed by atoms with van der Waals surface area (Å²) in [4.78, 5) is 15.7. The van der Waals surface area contributed by atoms with Gasteiger partial charge in [0, 0.05) is 46.1 Å². The molecule has 0 amide bonds. The first-order valence-corrected chi connectivity index (χ1v) is 7.53. The Kier molecular flexibility index (Phi) is 5.17. The molecule has 5 heteroatoms. The molecule has 1 aromatic rings. The van der Waals surface area contributed by atoms with Crippen LogP contribution < -0.4 is 9.80 Å². The van der Waals surface area contributed by atoms with E-state index in [2.05, 4.69) is 33.7 Å². The molecule has 1 saturated heterocycles. The second-order valence-electron chi connectivity index (χ2n) is 5.90. The number of rotatable bonds is 6. The minimum atomic E-state index is 0.652. The van der Waals surface area contributed by atoms with E-state index in [0.717, 1.165) is 18.2 Å². The van der Waals surface area contributed by atoms with Crippen molar-refractivity contribution in [2.24, 2.45) is 0 Å². The molecule has 0 N–H and O–H groups in total. The van der Waals surface area contributed by atoms with Crippen molar-refractivity contribution in [3.05, 3.63) is 12.4 Å². The van der Waals surface area contributed by atoms with Crippen molar-refractivity contribution in [1.82, 2.24) is 14.9 Å². The fourth-order valence-electron chi connectivity index (χ4n) is 2.76. The highest BCUT2D eigenvalue weighted by Gasteiger charge is 2.19. The molecule has 1 fully saturated rings. The van der Waals surface area contributed by atoms with Crippen LogP contribution in [0.3, 0.4) is 0 Å². The smallest absolute Gasteiger partial charge is 0.171 e. The maximum Gasteiger partial charge on any atom is 0.171 e. The predicted octanol–water partition coefficient (Wildman–Crippen LogP) is 1.85. The van der Waals surface area contributed by atoms with Crippen LogP contribution in [0.2, 0.25) is 0 Å². The van der Waals surface area contributed by atoms with E-state index in [-0.39, 0.29) is 0 Å². The lowest BCUT2D eigenvalue weighted by Crippen LogP contribution is -2.34. The minimum Gasteiger partial charge on any atom is -0.360 e. The number of nitrogens with zero attached hydrogens (tertiary/aromatic N) is 5. The summed E-state index contributed by atoms with van der Waals surface area (Å²) in [7, 11) is 6.12. The normalized spacial score (nSPS) is 17.2. The van der Waals surface area contributed by atoms with Crippen molar-refractivity contribution in [2.75, 3.05) is 50.6 Å². The maximum atomic E-state index is 4.48. The lowest BCUT2D eigenvalue weighted by Gasteiger charge is -2.28. The van der Waals surface area contributed by atoms with Crippen molar-refractivity contribution in [1.29, 1.82) is 0 Å². The summed E-state index contributed by atoms with van der Waals surface area (Å²) in [5.41, 5.74) is 0. The van der Waals surface area contributed by atoms with Crippen LogP contribution in [0.5, 0.6) is 0 Å². The van der Waals surface area contributed by atoms with Gasteiger partial charge in [0.1, 0.15) is 0 Å². The largest absolute Gasteiger partial charge is 0.360 e. The fourth-order valence-corrected chi connectivity index (χ4v) is 2.76. The molecule has 5 nitrogen and oxygen atoms in total. The van der Waals surface area contributed by atoms with Crippen molar-refractivity contribution >= 4 is 11.6 Å². The Balaban J connectivity index is 1.92. The van der Waals surface area contributed by atoms with Crippen molar-refractivity contribution in [2.45, 2.75) is 32.2 Å². The summed E-state index contributed by atoms with van der Waals surface area (Å²) in [6.45, 7) is 5.87. The molecule has 1 unspecified atom stereocenters. The van der Waals surface area contributed by atoms with Gasteiger partial charge in [0.15, 0.2) is 11.6 Å². The van der Waals surface area contributed by atoms with Crippen LogP contribution in [0.4, 0.5) is 11.6 Å². The fraction of sp³-hybridized carbons (Fsp3) is 0.733. The number of aromatic nitrogens is 2. The molecule has 0 aliphatic carbocycles. The quantitative estimate of drug-likeness (QED) is 0.793. The molecule has 0 bridgehead atoms. The summed E-state index contributed by atoms with van der Waals surface area (Å²) in [6, 6.07) is 0.652. The van der Waals surface area contributed by atoms with Gasteiger partial charge < -0.3 is 14.7 Å². The molecular formula is C15H27N5. The monoisotopic (exact) mass is 277 g/mol. The van der Waals surface area contributed by atoms with Gasteiger partial charge in [-0.1, -0.05) is 0 Å². The van der Waals surface area contributed by atoms with Gasteiger partial charge in [-0.3, -0.25) is 0 Å². The molecule has 112 valence electrons. The predicted molar refractivity (Wildman–Crippen MR) is 84.5 cm³/mol. The van der Waals surface area contributed by atoms with E-state index in [1.165, 1.54) is 32.4 Å². The van der Waals surface area contributed by atoms with Gasteiger partial charge in [-0.15, -0.1) is 0 Å². The van der Waals surface area contributed by atoms with E-state index in [0.29, 0.717) is 6.04 Å². The van der Waals surface area contributed by atoms with Gasteiger partial charge in [-0.05, 0) is 39.3 Å². The topological polar surface area (TPSA) is 35.5 Å². The van der Waals surface area contributed by atoms with Crippen molar-refractivity contribution < 1.29 is 0 Å². The molecule has 2 heterocycles. The van der Waals surface area contributed by atoms with Gasteiger partial charge >= 0.3 is 0 Å². The summed E-state index contributed by atoms with van der Waals surface area (Å²) >= 11 is 0. The molecule has 1 aliphatic heterocycles. The van der Waals surface area contributed by atoms with E-state index in [1.54, 1.807) is 12.4 Å². The molecule has 0 saturated carbocycles. The third-order valence-corrected chi connectivity index (χ3v) is 4.09. The van der Waals surface area contributed by atoms with Crippen LogP contribution in [0.15, 0.2) is 12.4 Å². The SMILES string of the molecule is CC(CCN(C)c1nccnc1N(C)C)N1CCCC1. The van der Waals surface area contributed by atoms with E-state index in [9.17, 15) is 0 Å². The van der Waals surface area contributed by atoms with Crippen molar-refractivity contribution in [3.8, 4) is 0 Å². The molecule has 0 spiro atoms. The average Bonchev–Trinajstić information content (AvgIpc) is 2.98. The molecule has 2 rings (SSSR count). The lowest BCUT2D eigenvalue weighted by atomic mass is 10.2. The zero-order valence-electron chi connectivity index (χ0n) is 13.2. The Bertz CT molecular complexity index is 414. The maximum absolute atomic E-state index is 4.48. The highest BCUT2D eigenvalue weighted by molar-refractivity contribution is 5.60. The third-order valence-electron chi connectivity index (χ3n) is 4.09. The lowest BCUT2D eigenvalue weighted by molar-refractivity contribution is 0.249. The zero-order valence-corrected chi connectivity index (χ0v) is 13.2. The number of anilines is 2. The van der Waals surface area contributed by atoms with Crippen LogP contribution in [0.25, 0.3) is 0 Å². The summed E-state index contributed by atoms with van der Waals surface area (Å²) < 4.78 is 0. The van der Waals surface area contributed by atoms with Crippen molar-refractivity contribution in [3.63, 3.8) is 0 Å². The summed E-state index contributed by atoms with van der Waals surface area (Å²) in [5.74, 6) is 1.90. The first-order chi connectivity index (χ1) is 9.59. The van der Waals surface area contributed by atoms with Gasteiger partial charge in [0.2, 0.25) is 0 Å². The van der Waals surface area contributed by atoms with Crippen LogP contribution >= 0.6 is 0 Å². The van der Waals surface area contributed by atoms with Crippen LogP contribution in [0.1, 0.15) is 26.2 Å². The van der Waals surface area contributed by atoms with Gasteiger partial charge in [-0.2, -0.15) is 0 Å². The van der Waals surface area contributed by atoms with Gasteiger partial charge in [0.25, 0.3) is 0 Å². The van der Waals surface area contributed by atoms with Gasteiger partial charge in [-0.25, -0.2) is 9.97 Å². The average molecular weight is 277 g/mol. The first-order valence-electron chi connectivity index (χ1n) is 7.53. The Labute approximate surface area is 122 Å². The number of hydrogen-bond donors (Lipinski definition) is 0. The molecule has 1 aliphatic rings. The number of hydrogen-bond acceptors (Lipinski definition) is 5. The summed E-state index contributed by atoms with van der Waals surface area (Å²) in [6.07, 6.45) is 7.40. The van der Waals surface area contributed by atoms with Crippen LogP contribution in [-0.2, 0) is 0 Å². The Morgan fingerprint density at radius 2 is 1.70 bits per heavy atom. The first kappa shape index (κ1) is 15.0. The van der Waals surface area contributed by atoms with Crippen LogP contribution in [0, 0.1) is 0 Å². The Hall–Kier alpha value is -1.36. The Morgan fingerprint density at radius 3 is 2.30 bits per heavy atom. The molecule has 1 aromatic heterocycles. The van der Waals surface area contributed by atoms with E-state index in [1.807, 2.05) is 19.0 Å². The summed E-state index contributed by atoms with van der Waals surface area (Å²) in [5, 5.41) is 0. The molecule has 20 heavy (non-hydrogen) atoms. The second-order valence-corrected chi connectivity index (χ2v) is 5.90. The standard InChI is InChI=1S/C15H27N5/c1-13(20-10-5-6-11-20)7-12-19(4)15-14(18(2)3)16-8-9-17-15/h8-9,13H,5-7,10-12H2,1-4H3.